The number of halogens is 1. The number of piperidine rings is 1. The van der Waals surface area contributed by atoms with Gasteiger partial charge in [-0.3, -0.25) is 4.99 Å². The van der Waals surface area contributed by atoms with Crippen LogP contribution in [0.1, 0.15) is 33.1 Å². The molecule has 1 aromatic carbocycles. The summed E-state index contributed by atoms with van der Waals surface area (Å²) >= 11 is 2.34. The molecule has 4 nitrogen and oxygen atoms in total. The van der Waals surface area contributed by atoms with Gasteiger partial charge in [0.2, 0.25) is 0 Å². The van der Waals surface area contributed by atoms with E-state index in [4.69, 9.17) is 4.74 Å². The average molecular weight is 427 g/mol. The number of ether oxygens (including phenoxy) is 1. The molecule has 3 rings (SSSR count). The summed E-state index contributed by atoms with van der Waals surface area (Å²) in [4.78, 5) is 7.07. The van der Waals surface area contributed by atoms with E-state index in [0.717, 1.165) is 50.1 Å². The summed E-state index contributed by atoms with van der Waals surface area (Å²) in [5, 5.41) is 3.62. The minimum absolute atomic E-state index is 0.310. The first-order valence-electron chi connectivity index (χ1n) is 8.64. The Morgan fingerprint density at radius 1 is 1.35 bits per heavy atom. The van der Waals surface area contributed by atoms with Crippen molar-refractivity contribution in [3.63, 3.8) is 0 Å². The smallest absolute Gasteiger partial charge is 0.194 e. The molecule has 0 bridgehead atoms. The number of nitrogens with zero attached hydrogens (tertiary/aromatic N) is 2. The van der Waals surface area contributed by atoms with Crippen molar-refractivity contribution in [2.24, 2.45) is 10.9 Å². The van der Waals surface area contributed by atoms with E-state index >= 15 is 0 Å². The minimum Gasteiger partial charge on any atom is -0.489 e. The van der Waals surface area contributed by atoms with Crippen molar-refractivity contribution in [3.8, 4) is 5.75 Å². The number of hydrogen-bond acceptors (Lipinski definition) is 2. The van der Waals surface area contributed by atoms with Gasteiger partial charge >= 0.3 is 0 Å². The average Bonchev–Trinajstić information content (AvgIpc) is 3.25. The predicted molar refractivity (Wildman–Crippen MR) is 103 cm³/mol. The molecular formula is C18H26IN3O. The zero-order valence-electron chi connectivity index (χ0n) is 14.0. The standard InChI is InChI=1S/C18H26IN3O/c1-3-20-18(21-16-12-13(16)2)22-10-8-14(9-11-22)23-17-7-5-4-6-15(17)19/h4-7,13-14,16H,3,8-12H2,1-2H3,(H,20,21). The van der Waals surface area contributed by atoms with E-state index in [9.17, 15) is 0 Å². The summed E-state index contributed by atoms with van der Waals surface area (Å²) in [6, 6.07) is 8.88. The van der Waals surface area contributed by atoms with Gasteiger partial charge in [-0.25, -0.2) is 0 Å². The van der Waals surface area contributed by atoms with Crippen molar-refractivity contribution >= 4 is 28.6 Å². The highest BCUT2D eigenvalue weighted by atomic mass is 127. The Bertz CT molecular complexity index is 555. The molecule has 23 heavy (non-hydrogen) atoms. The summed E-state index contributed by atoms with van der Waals surface area (Å²) in [7, 11) is 0. The highest BCUT2D eigenvalue weighted by Gasteiger charge is 2.34. The largest absolute Gasteiger partial charge is 0.489 e. The number of likely N-dealkylation sites (tertiary alicyclic amines) is 1. The van der Waals surface area contributed by atoms with Crippen LogP contribution < -0.4 is 10.1 Å². The lowest BCUT2D eigenvalue weighted by Gasteiger charge is -2.34. The molecule has 1 aliphatic carbocycles. The second kappa shape index (κ2) is 7.73. The van der Waals surface area contributed by atoms with Gasteiger partial charge in [0.25, 0.3) is 0 Å². The number of benzene rings is 1. The zero-order valence-corrected chi connectivity index (χ0v) is 16.1. The molecule has 1 saturated heterocycles. The lowest BCUT2D eigenvalue weighted by molar-refractivity contribution is 0.128. The zero-order chi connectivity index (χ0) is 16.2. The van der Waals surface area contributed by atoms with Crippen LogP contribution in [0.5, 0.6) is 5.75 Å². The Morgan fingerprint density at radius 2 is 2.04 bits per heavy atom. The van der Waals surface area contributed by atoms with Crippen LogP contribution in [0.4, 0.5) is 0 Å². The third kappa shape index (κ3) is 4.52. The van der Waals surface area contributed by atoms with Crippen LogP contribution >= 0.6 is 22.6 Å². The molecule has 1 aromatic rings. The molecule has 1 N–H and O–H groups in total. The van der Waals surface area contributed by atoms with Crippen molar-refractivity contribution in [3.05, 3.63) is 27.8 Å². The molecule has 2 fully saturated rings. The Kier molecular flexibility index (Phi) is 5.67. The summed E-state index contributed by atoms with van der Waals surface area (Å²) in [5.74, 6) is 2.90. The molecule has 1 saturated carbocycles. The van der Waals surface area contributed by atoms with Crippen LogP contribution in [-0.2, 0) is 0 Å². The SMILES string of the molecule is CCN=C(NC1CC1C)N1CCC(Oc2ccccc2I)CC1. The number of nitrogens with one attached hydrogen (secondary N) is 1. The lowest BCUT2D eigenvalue weighted by atomic mass is 10.1. The maximum atomic E-state index is 6.19. The molecule has 0 aromatic heterocycles. The second-order valence-corrected chi connectivity index (χ2v) is 7.66. The number of rotatable bonds is 4. The van der Waals surface area contributed by atoms with Gasteiger partial charge in [-0.1, -0.05) is 19.1 Å². The van der Waals surface area contributed by atoms with E-state index in [-0.39, 0.29) is 0 Å². The second-order valence-electron chi connectivity index (χ2n) is 6.50. The van der Waals surface area contributed by atoms with Gasteiger partial charge in [-0.2, -0.15) is 0 Å². The molecule has 1 heterocycles. The molecule has 2 atom stereocenters. The van der Waals surface area contributed by atoms with E-state index in [2.05, 4.69) is 69.8 Å². The molecule has 0 amide bonds. The third-order valence-electron chi connectivity index (χ3n) is 4.60. The monoisotopic (exact) mass is 427 g/mol. The highest BCUT2D eigenvalue weighted by Crippen LogP contribution is 2.29. The van der Waals surface area contributed by atoms with E-state index in [1.807, 2.05) is 6.07 Å². The van der Waals surface area contributed by atoms with Gasteiger partial charge in [0.1, 0.15) is 11.9 Å². The predicted octanol–water partition coefficient (Wildman–Crippen LogP) is 3.51. The van der Waals surface area contributed by atoms with Crippen LogP contribution in [0.25, 0.3) is 0 Å². The van der Waals surface area contributed by atoms with E-state index in [1.54, 1.807) is 0 Å². The molecule has 2 aliphatic rings. The summed E-state index contributed by atoms with van der Waals surface area (Å²) in [6.45, 7) is 7.26. The summed E-state index contributed by atoms with van der Waals surface area (Å²) in [5.41, 5.74) is 0. The topological polar surface area (TPSA) is 36.9 Å². The van der Waals surface area contributed by atoms with E-state index in [1.165, 1.54) is 9.99 Å². The van der Waals surface area contributed by atoms with E-state index < -0.39 is 0 Å². The summed E-state index contributed by atoms with van der Waals surface area (Å²) in [6.07, 6.45) is 3.69. The molecule has 2 unspecified atom stereocenters. The summed E-state index contributed by atoms with van der Waals surface area (Å²) < 4.78 is 7.38. The van der Waals surface area contributed by atoms with Gasteiger partial charge < -0.3 is 15.0 Å². The van der Waals surface area contributed by atoms with Crippen LogP contribution in [-0.4, -0.2) is 42.6 Å². The normalized spacial score (nSPS) is 25.3. The van der Waals surface area contributed by atoms with Gasteiger partial charge in [0.15, 0.2) is 5.96 Å². The third-order valence-corrected chi connectivity index (χ3v) is 5.49. The minimum atomic E-state index is 0.310. The first kappa shape index (κ1) is 16.9. The van der Waals surface area contributed by atoms with Gasteiger partial charge in [0, 0.05) is 38.5 Å². The molecule has 5 heteroatoms. The Hall–Kier alpha value is -0.980. The number of aliphatic imine (C=N–C) groups is 1. The maximum Gasteiger partial charge on any atom is 0.194 e. The highest BCUT2D eigenvalue weighted by molar-refractivity contribution is 14.1. The lowest BCUT2D eigenvalue weighted by Crippen LogP contribution is -2.48. The number of para-hydroxylation sites is 1. The van der Waals surface area contributed by atoms with Gasteiger partial charge in [-0.15, -0.1) is 0 Å². The fourth-order valence-corrected chi connectivity index (χ4v) is 3.50. The van der Waals surface area contributed by atoms with Gasteiger partial charge in [0.05, 0.1) is 3.57 Å². The van der Waals surface area contributed by atoms with Gasteiger partial charge in [-0.05, 0) is 54.0 Å². The Labute approximate surface area is 152 Å². The van der Waals surface area contributed by atoms with Crippen molar-refractivity contribution in [1.82, 2.24) is 10.2 Å². The molecule has 1 aliphatic heterocycles. The first-order chi connectivity index (χ1) is 11.2. The van der Waals surface area contributed by atoms with E-state index in [0.29, 0.717) is 12.1 Å². The fourth-order valence-electron chi connectivity index (χ4n) is 2.98. The molecular weight excluding hydrogens is 401 g/mol. The van der Waals surface area contributed by atoms with Crippen LogP contribution in [0.3, 0.4) is 0 Å². The fraction of sp³-hybridized carbons (Fsp3) is 0.611. The van der Waals surface area contributed by atoms with Crippen molar-refractivity contribution in [2.45, 2.75) is 45.3 Å². The Balaban J connectivity index is 1.52. The molecule has 0 spiro atoms. The Morgan fingerprint density at radius 3 is 2.65 bits per heavy atom. The van der Waals surface area contributed by atoms with Crippen LogP contribution in [0.2, 0.25) is 0 Å². The van der Waals surface area contributed by atoms with Crippen molar-refractivity contribution < 1.29 is 4.74 Å². The maximum absolute atomic E-state index is 6.19. The van der Waals surface area contributed by atoms with Crippen molar-refractivity contribution in [2.75, 3.05) is 19.6 Å². The molecule has 126 valence electrons. The number of guanidine groups is 1. The number of hydrogen-bond donors (Lipinski definition) is 1. The quantitative estimate of drug-likeness (QED) is 0.454. The van der Waals surface area contributed by atoms with Crippen LogP contribution in [0.15, 0.2) is 29.3 Å². The molecule has 0 radical (unpaired) electrons. The van der Waals surface area contributed by atoms with Crippen LogP contribution in [0, 0.1) is 9.49 Å². The first-order valence-corrected chi connectivity index (χ1v) is 9.72. The van der Waals surface area contributed by atoms with Crippen molar-refractivity contribution in [1.29, 1.82) is 0 Å².